The fourth-order valence-corrected chi connectivity index (χ4v) is 3.94. The molecule has 9 heteroatoms. The minimum Gasteiger partial charge on any atom is -0.457 e. The molecule has 36 heavy (non-hydrogen) atoms. The molecular formula is C27H26FN3O5. The number of nitro groups is 1. The van der Waals surface area contributed by atoms with E-state index in [1.54, 1.807) is 18.2 Å². The molecule has 1 unspecified atom stereocenters. The number of hydrogen-bond acceptors (Lipinski definition) is 7. The summed E-state index contributed by atoms with van der Waals surface area (Å²) in [6.45, 7) is 0.447. The van der Waals surface area contributed by atoms with Crippen molar-refractivity contribution in [3.05, 3.63) is 110 Å². The zero-order valence-electron chi connectivity index (χ0n) is 20.0. The molecule has 0 aromatic heterocycles. The van der Waals surface area contributed by atoms with Crippen LogP contribution in [0.3, 0.4) is 0 Å². The van der Waals surface area contributed by atoms with Crippen LogP contribution in [0.4, 0.5) is 10.1 Å². The largest absolute Gasteiger partial charge is 0.457 e. The van der Waals surface area contributed by atoms with E-state index < -0.39 is 22.3 Å². The van der Waals surface area contributed by atoms with Gasteiger partial charge in [0.05, 0.1) is 22.1 Å². The molecule has 8 nitrogen and oxygen atoms in total. The van der Waals surface area contributed by atoms with Crippen molar-refractivity contribution in [3.63, 3.8) is 0 Å². The van der Waals surface area contributed by atoms with Crippen molar-refractivity contribution in [1.82, 2.24) is 4.90 Å². The predicted molar refractivity (Wildman–Crippen MR) is 131 cm³/mol. The Morgan fingerprint density at radius 1 is 1.14 bits per heavy atom. The lowest BCUT2D eigenvalue weighted by molar-refractivity contribution is -0.384. The van der Waals surface area contributed by atoms with Crippen molar-refractivity contribution in [3.8, 4) is 6.07 Å². The summed E-state index contributed by atoms with van der Waals surface area (Å²) in [4.78, 5) is 24.9. The Bertz CT molecular complexity index is 1270. The molecule has 0 saturated heterocycles. The van der Waals surface area contributed by atoms with E-state index in [0.717, 1.165) is 0 Å². The average molecular weight is 492 g/mol. The molecule has 0 heterocycles. The molecule has 1 atom stereocenters. The number of nitro benzene ring substituents is 1. The molecule has 0 aliphatic carbocycles. The van der Waals surface area contributed by atoms with Crippen LogP contribution in [0.15, 0.2) is 66.7 Å². The van der Waals surface area contributed by atoms with Gasteiger partial charge in [0.25, 0.3) is 5.69 Å². The van der Waals surface area contributed by atoms with Crippen molar-refractivity contribution < 1.29 is 24.0 Å². The molecule has 186 valence electrons. The molecule has 3 aromatic carbocycles. The van der Waals surface area contributed by atoms with Gasteiger partial charge in [-0.25, -0.2) is 9.18 Å². The number of aliphatic hydroxyl groups is 1. The minimum atomic E-state index is -1.53. The Morgan fingerprint density at radius 3 is 2.39 bits per heavy atom. The van der Waals surface area contributed by atoms with E-state index in [1.807, 2.05) is 25.1 Å². The van der Waals surface area contributed by atoms with Crippen LogP contribution < -0.4 is 0 Å². The van der Waals surface area contributed by atoms with Crippen molar-refractivity contribution in [1.29, 1.82) is 5.26 Å². The highest BCUT2D eigenvalue weighted by Gasteiger charge is 2.34. The van der Waals surface area contributed by atoms with E-state index in [-0.39, 0.29) is 17.9 Å². The van der Waals surface area contributed by atoms with E-state index in [9.17, 15) is 29.7 Å². The minimum absolute atomic E-state index is 0.123. The highest BCUT2D eigenvalue weighted by molar-refractivity contribution is 5.89. The maximum absolute atomic E-state index is 13.6. The standard InChI is InChI=1S/C27H26FN3O5/c1-30(2)15-3-14-27(33,22-7-9-23(28)10-8-22)25-13-4-19(17-29)16-21(25)18-36-26(32)20-5-11-24(12-6-20)31(34)35/h4-13,16,33H,3,14-15,18H2,1-2H3. The van der Waals surface area contributed by atoms with Gasteiger partial charge in [-0.2, -0.15) is 5.26 Å². The number of hydrogen-bond donors (Lipinski definition) is 1. The second kappa shape index (κ2) is 11.5. The first kappa shape index (κ1) is 26.5. The summed E-state index contributed by atoms with van der Waals surface area (Å²) in [5.74, 6) is -1.15. The van der Waals surface area contributed by atoms with Gasteiger partial charge in [0, 0.05) is 12.1 Å². The summed E-state index contributed by atoms with van der Waals surface area (Å²) < 4.78 is 19.1. The zero-order chi connectivity index (χ0) is 26.3. The molecule has 0 bridgehead atoms. The molecule has 0 fully saturated rings. The van der Waals surface area contributed by atoms with Gasteiger partial charge in [-0.1, -0.05) is 18.2 Å². The average Bonchev–Trinajstić information content (AvgIpc) is 2.87. The fourth-order valence-electron chi connectivity index (χ4n) is 3.94. The van der Waals surface area contributed by atoms with Crippen LogP contribution in [0.25, 0.3) is 0 Å². The van der Waals surface area contributed by atoms with Crippen LogP contribution in [0.5, 0.6) is 0 Å². The number of nitriles is 1. The van der Waals surface area contributed by atoms with Gasteiger partial charge in [-0.15, -0.1) is 0 Å². The number of carbonyl (C=O) groups excluding carboxylic acids is 1. The highest BCUT2D eigenvalue weighted by atomic mass is 19.1. The Kier molecular flexibility index (Phi) is 8.48. The second-order valence-corrected chi connectivity index (χ2v) is 8.64. The highest BCUT2D eigenvalue weighted by Crippen LogP contribution is 2.37. The van der Waals surface area contributed by atoms with Gasteiger partial charge in [-0.05, 0) is 86.6 Å². The van der Waals surface area contributed by atoms with Gasteiger partial charge in [-0.3, -0.25) is 10.1 Å². The Balaban J connectivity index is 1.95. The van der Waals surface area contributed by atoms with Crippen LogP contribution in [0, 0.1) is 27.3 Å². The quantitative estimate of drug-likeness (QED) is 0.251. The molecule has 0 aliphatic heterocycles. The summed E-state index contributed by atoms with van der Waals surface area (Å²) in [6.07, 6.45) is 0.912. The molecule has 3 rings (SSSR count). The third-order valence-corrected chi connectivity index (χ3v) is 5.82. The molecule has 3 aromatic rings. The van der Waals surface area contributed by atoms with Crippen molar-refractivity contribution >= 4 is 11.7 Å². The summed E-state index contributed by atoms with van der Waals surface area (Å²) >= 11 is 0. The zero-order valence-corrected chi connectivity index (χ0v) is 20.0. The second-order valence-electron chi connectivity index (χ2n) is 8.64. The molecule has 0 radical (unpaired) electrons. The number of nitrogens with zero attached hydrogens (tertiary/aromatic N) is 3. The third-order valence-electron chi connectivity index (χ3n) is 5.82. The first-order chi connectivity index (χ1) is 17.1. The summed E-state index contributed by atoms with van der Waals surface area (Å²) in [6, 6.07) is 17.3. The number of benzene rings is 3. The van der Waals surface area contributed by atoms with Crippen molar-refractivity contribution in [2.75, 3.05) is 20.6 Å². The smallest absolute Gasteiger partial charge is 0.338 e. The maximum atomic E-state index is 13.6. The van der Waals surface area contributed by atoms with E-state index in [1.165, 1.54) is 48.5 Å². The Labute approximate surface area is 208 Å². The Morgan fingerprint density at radius 2 is 1.81 bits per heavy atom. The topological polar surface area (TPSA) is 117 Å². The molecular weight excluding hydrogens is 465 g/mol. The van der Waals surface area contributed by atoms with Gasteiger partial charge in [0.2, 0.25) is 0 Å². The normalized spacial score (nSPS) is 12.6. The van der Waals surface area contributed by atoms with Gasteiger partial charge < -0.3 is 14.7 Å². The van der Waals surface area contributed by atoms with Crippen LogP contribution in [0.1, 0.15) is 45.5 Å². The van der Waals surface area contributed by atoms with Gasteiger partial charge in [0.1, 0.15) is 18.0 Å². The monoisotopic (exact) mass is 491 g/mol. The van der Waals surface area contributed by atoms with E-state index in [4.69, 9.17) is 4.74 Å². The summed E-state index contributed by atoms with van der Waals surface area (Å²) in [5, 5.41) is 32.2. The van der Waals surface area contributed by atoms with Gasteiger partial charge >= 0.3 is 5.97 Å². The van der Waals surface area contributed by atoms with Gasteiger partial charge in [0.15, 0.2) is 0 Å². The Hall–Kier alpha value is -4.13. The van der Waals surface area contributed by atoms with Crippen molar-refractivity contribution in [2.45, 2.75) is 25.0 Å². The number of halogens is 1. The van der Waals surface area contributed by atoms with Crippen LogP contribution in [-0.4, -0.2) is 41.5 Å². The maximum Gasteiger partial charge on any atom is 0.338 e. The number of ether oxygens (including phenoxy) is 1. The fraction of sp³-hybridized carbons (Fsp3) is 0.259. The molecule has 0 saturated carbocycles. The molecule has 0 aliphatic rings. The van der Waals surface area contributed by atoms with E-state index in [2.05, 4.69) is 0 Å². The molecule has 0 amide bonds. The number of esters is 1. The van der Waals surface area contributed by atoms with Crippen LogP contribution >= 0.6 is 0 Å². The number of rotatable bonds is 10. The molecule has 1 N–H and O–H groups in total. The van der Waals surface area contributed by atoms with Crippen LogP contribution in [0.2, 0.25) is 0 Å². The lowest BCUT2D eigenvalue weighted by atomic mass is 9.80. The predicted octanol–water partition coefficient (Wildman–Crippen LogP) is 4.54. The summed E-state index contributed by atoms with van der Waals surface area (Å²) in [5.41, 5.74) is 0.0674. The van der Waals surface area contributed by atoms with E-state index >= 15 is 0 Å². The van der Waals surface area contributed by atoms with Crippen molar-refractivity contribution in [2.24, 2.45) is 0 Å². The SMILES string of the molecule is CN(C)CCCC(O)(c1ccc(F)cc1)c1ccc(C#N)cc1COC(=O)c1ccc([N+](=O)[O-])cc1. The number of non-ortho nitro benzene ring substituents is 1. The van der Waals surface area contributed by atoms with E-state index in [0.29, 0.717) is 41.6 Å². The molecule has 0 spiro atoms. The first-order valence-corrected chi connectivity index (χ1v) is 11.2. The first-order valence-electron chi connectivity index (χ1n) is 11.2. The third kappa shape index (κ3) is 6.30. The summed E-state index contributed by atoms with van der Waals surface area (Å²) in [7, 11) is 3.84. The number of carbonyl (C=O) groups is 1. The lowest BCUT2D eigenvalue weighted by Crippen LogP contribution is -2.30. The van der Waals surface area contributed by atoms with Crippen LogP contribution in [-0.2, 0) is 16.9 Å². The lowest BCUT2D eigenvalue weighted by Gasteiger charge is -2.32.